The van der Waals surface area contributed by atoms with Crippen LogP contribution in [0.5, 0.6) is 11.5 Å². The minimum Gasteiger partial charge on any atom is -0.456 e. The molecule has 5 heteroatoms. The molecule has 3 atom stereocenters. The van der Waals surface area contributed by atoms with E-state index < -0.39 is 6.04 Å². The molecule has 10 rings (SSSR count). The Bertz CT molecular complexity index is 2220. The van der Waals surface area contributed by atoms with E-state index in [1.807, 2.05) is 0 Å². The van der Waals surface area contributed by atoms with Crippen LogP contribution in [0.1, 0.15) is 45.1 Å². The molecule has 1 aliphatic carbocycles. The van der Waals surface area contributed by atoms with Crippen LogP contribution in [0, 0.1) is 0 Å². The van der Waals surface area contributed by atoms with Crippen LogP contribution in [0.15, 0.2) is 103 Å². The van der Waals surface area contributed by atoms with E-state index in [-0.39, 0.29) is 11.0 Å². The first kappa shape index (κ1) is 24.6. The highest BCUT2D eigenvalue weighted by atomic mass is 32.4. The summed E-state index contributed by atoms with van der Waals surface area (Å²) in [6.07, 6.45) is 4.77. The lowest BCUT2D eigenvalue weighted by molar-refractivity contribution is 0.195. The molecule has 43 heavy (non-hydrogen) atoms. The first-order valence-electron chi connectivity index (χ1n) is 15.4. The molecule has 3 aliphatic heterocycles. The minimum atomic E-state index is -2.39. The third-order valence-electron chi connectivity index (χ3n) is 11.3. The zero-order chi connectivity index (χ0) is 28.7. The second kappa shape index (κ2) is 8.00. The van der Waals surface area contributed by atoms with Crippen LogP contribution in [-0.4, -0.2) is 10.1 Å². The maximum Gasteiger partial charge on any atom is 0.140 e. The number of aromatic nitrogens is 1. The fourth-order valence-electron chi connectivity index (χ4n) is 9.21. The highest BCUT2D eigenvalue weighted by Crippen LogP contribution is 2.69. The summed E-state index contributed by atoms with van der Waals surface area (Å²) in [4.78, 5) is 2.73. The Kier molecular flexibility index (Phi) is 4.57. The molecule has 5 aromatic carbocycles. The van der Waals surface area contributed by atoms with E-state index in [1.165, 1.54) is 73.2 Å². The van der Waals surface area contributed by atoms with Crippen molar-refractivity contribution in [2.75, 3.05) is 4.90 Å². The van der Waals surface area contributed by atoms with Gasteiger partial charge in [-0.3, -0.25) is 0 Å². The lowest BCUT2D eigenvalue weighted by Gasteiger charge is -2.52. The topological polar surface area (TPSA) is 17.4 Å². The van der Waals surface area contributed by atoms with Gasteiger partial charge < -0.3 is 14.2 Å². The molecule has 1 fully saturated rings. The largest absolute Gasteiger partial charge is 0.456 e. The molecule has 6 aromatic rings. The first-order valence-corrected chi connectivity index (χ1v) is 18.2. The van der Waals surface area contributed by atoms with Gasteiger partial charge in [-0.15, -0.1) is 0 Å². The van der Waals surface area contributed by atoms with Crippen molar-refractivity contribution in [1.82, 2.24) is 4.57 Å². The normalized spacial score (nSPS) is 26.0. The van der Waals surface area contributed by atoms with Gasteiger partial charge in [0.05, 0.1) is 38.9 Å². The maximum atomic E-state index is 7.03. The predicted molar refractivity (Wildman–Crippen MR) is 183 cm³/mol. The molecule has 4 heterocycles. The van der Waals surface area contributed by atoms with E-state index in [4.69, 9.17) is 16.5 Å². The Labute approximate surface area is 256 Å². The van der Waals surface area contributed by atoms with Gasteiger partial charge in [0.25, 0.3) is 0 Å². The molecule has 0 N–H and O–H groups in total. The number of anilines is 2. The van der Waals surface area contributed by atoms with Crippen molar-refractivity contribution in [2.24, 2.45) is 0 Å². The van der Waals surface area contributed by atoms with Crippen molar-refractivity contribution >= 4 is 66.9 Å². The predicted octanol–water partition coefficient (Wildman–Crippen LogP) is 8.70. The molecule has 0 bridgehead atoms. The average molecular weight is 595 g/mol. The van der Waals surface area contributed by atoms with Gasteiger partial charge in [0, 0.05) is 44.5 Å². The van der Waals surface area contributed by atoms with Gasteiger partial charge >= 0.3 is 0 Å². The molecular weight excluding hydrogens is 563 g/mol. The van der Waals surface area contributed by atoms with Gasteiger partial charge in [0.1, 0.15) is 11.5 Å². The highest BCUT2D eigenvalue weighted by molar-refractivity contribution is 8.26. The fourth-order valence-corrected chi connectivity index (χ4v) is 13.9. The summed E-state index contributed by atoms with van der Waals surface area (Å²) in [5.74, 6) is 1.84. The number of fused-ring (bicyclic) bond motifs is 11. The van der Waals surface area contributed by atoms with Gasteiger partial charge in [-0.2, -0.15) is 0 Å². The van der Waals surface area contributed by atoms with Crippen molar-refractivity contribution in [3.05, 3.63) is 109 Å². The van der Waals surface area contributed by atoms with E-state index in [0.29, 0.717) is 0 Å². The number of rotatable bonds is 1. The molecular formula is C38H31N2OPS. The molecule has 0 radical (unpaired) electrons. The minimum absolute atomic E-state index is 0.0635. The van der Waals surface area contributed by atoms with Crippen molar-refractivity contribution in [1.29, 1.82) is 0 Å². The monoisotopic (exact) mass is 594 g/mol. The third kappa shape index (κ3) is 2.69. The van der Waals surface area contributed by atoms with Crippen LogP contribution in [0.4, 0.5) is 11.4 Å². The molecule has 3 unspecified atom stereocenters. The van der Waals surface area contributed by atoms with Gasteiger partial charge in [-0.25, -0.2) is 0 Å². The maximum absolute atomic E-state index is 7.03. The zero-order valence-electron chi connectivity index (χ0n) is 24.3. The van der Waals surface area contributed by atoms with E-state index in [1.54, 1.807) is 0 Å². The summed E-state index contributed by atoms with van der Waals surface area (Å²) in [6, 6.07) is 35.3. The lowest BCUT2D eigenvalue weighted by Crippen LogP contribution is -2.56. The standard InChI is InChI=1S/C38H31N2OPS/c1-37-21-11-12-22-38(37,2)40-28-17-7-9-19-32(28)42(43)33-20-10-8-18-30(33)41-31-23-29(34(37)35(40)36(31)42)39-26-15-5-3-13-24(26)25-14-4-6-16-27(25)39/h3-10,13-20,23H,11-12,21-22H2,1-2H3. The van der Waals surface area contributed by atoms with E-state index in [2.05, 4.69) is 126 Å². The van der Waals surface area contributed by atoms with Gasteiger partial charge in [0.15, 0.2) is 0 Å². The lowest BCUT2D eigenvalue weighted by atomic mass is 9.61. The summed E-state index contributed by atoms with van der Waals surface area (Å²) in [7, 11) is 0. The molecule has 3 nitrogen and oxygen atoms in total. The second-order valence-electron chi connectivity index (χ2n) is 13.2. The van der Waals surface area contributed by atoms with Crippen LogP contribution in [0.3, 0.4) is 0 Å². The number of para-hydroxylation sites is 4. The summed E-state index contributed by atoms with van der Waals surface area (Å²) in [6.45, 7) is 5.07. The fraction of sp³-hybridized carbons (Fsp3) is 0.211. The van der Waals surface area contributed by atoms with Crippen molar-refractivity contribution < 1.29 is 4.74 Å². The Morgan fingerprint density at radius 3 is 2.09 bits per heavy atom. The molecule has 210 valence electrons. The summed E-state index contributed by atoms with van der Waals surface area (Å²) in [5.41, 5.74) is 7.65. The summed E-state index contributed by atoms with van der Waals surface area (Å²) < 4.78 is 9.46. The SMILES string of the molecule is CC12CCCCC1(C)N1c3ccccc3P3(=S)c4ccccc4Oc4cc(-n5c6ccccc6c6ccccc65)c2c1c43. The van der Waals surface area contributed by atoms with Crippen LogP contribution in [-0.2, 0) is 17.2 Å². The highest BCUT2D eigenvalue weighted by Gasteiger charge is 2.63. The molecule has 0 spiro atoms. The first-order chi connectivity index (χ1) is 21.0. The van der Waals surface area contributed by atoms with Crippen molar-refractivity contribution in [3.63, 3.8) is 0 Å². The smallest absolute Gasteiger partial charge is 0.140 e. The van der Waals surface area contributed by atoms with Crippen molar-refractivity contribution in [2.45, 2.75) is 50.5 Å². The zero-order valence-corrected chi connectivity index (χ0v) is 26.0. The van der Waals surface area contributed by atoms with Gasteiger partial charge in [-0.05, 0) is 50.1 Å². The number of hydrogen-bond acceptors (Lipinski definition) is 3. The quantitative estimate of drug-likeness (QED) is 0.177. The number of hydrogen-bond donors (Lipinski definition) is 0. The molecule has 0 amide bonds. The Morgan fingerprint density at radius 1 is 0.698 bits per heavy atom. The van der Waals surface area contributed by atoms with E-state index in [9.17, 15) is 0 Å². The molecule has 0 saturated heterocycles. The third-order valence-corrected chi connectivity index (χ3v) is 16.2. The van der Waals surface area contributed by atoms with Crippen LogP contribution in [0.2, 0.25) is 0 Å². The Balaban J connectivity index is 1.44. The van der Waals surface area contributed by atoms with Crippen LogP contribution >= 0.6 is 6.04 Å². The Morgan fingerprint density at radius 2 is 1.33 bits per heavy atom. The van der Waals surface area contributed by atoms with Gasteiger partial charge in [-0.1, -0.05) is 98.3 Å². The van der Waals surface area contributed by atoms with E-state index >= 15 is 0 Å². The molecule has 1 saturated carbocycles. The van der Waals surface area contributed by atoms with Crippen molar-refractivity contribution in [3.8, 4) is 17.2 Å². The number of benzene rings is 5. The average Bonchev–Trinajstić information content (AvgIpc) is 3.48. The van der Waals surface area contributed by atoms with Crippen LogP contribution in [0.25, 0.3) is 27.5 Å². The van der Waals surface area contributed by atoms with Gasteiger partial charge in [0.2, 0.25) is 0 Å². The number of nitrogens with zero attached hydrogens (tertiary/aromatic N) is 2. The second-order valence-corrected chi connectivity index (χ2v) is 17.4. The molecule has 1 aromatic heterocycles. The summed E-state index contributed by atoms with van der Waals surface area (Å²) in [5, 5.41) is 6.31. The molecule has 4 aliphatic rings. The summed E-state index contributed by atoms with van der Waals surface area (Å²) >= 11 is 7.03. The Hall–Kier alpha value is -3.85. The van der Waals surface area contributed by atoms with Crippen LogP contribution < -0.4 is 25.6 Å². The number of ether oxygens (including phenoxy) is 1. The van der Waals surface area contributed by atoms with E-state index in [0.717, 1.165) is 24.3 Å².